The van der Waals surface area contributed by atoms with E-state index in [2.05, 4.69) is 0 Å². The molecule has 0 fully saturated rings. The van der Waals surface area contributed by atoms with E-state index in [9.17, 15) is 36.0 Å². The van der Waals surface area contributed by atoms with Crippen LogP contribution >= 0.6 is 0 Å². The number of nitrogens with zero attached hydrogens (tertiary/aromatic N) is 1. The van der Waals surface area contributed by atoms with Crippen LogP contribution in [0.1, 0.15) is 5.56 Å². The van der Waals surface area contributed by atoms with Gasteiger partial charge in [0.15, 0.2) is 0 Å². The number of hydrogen-bond acceptors (Lipinski definition) is 6. The van der Waals surface area contributed by atoms with E-state index in [0.717, 1.165) is 31.3 Å². The molecule has 2 heterocycles. The zero-order valence-electron chi connectivity index (χ0n) is 13.9. The fraction of sp³-hybridized carbons (Fsp3) is 0.214. The molecule has 0 saturated carbocycles. The first-order valence-electron chi connectivity index (χ1n) is 7.43. The van der Waals surface area contributed by atoms with Crippen molar-refractivity contribution < 1.29 is 26.4 Å². The summed E-state index contributed by atoms with van der Waals surface area (Å²) in [4.78, 5) is 37.1. The Hall–Kier alpha value is -3.13. The Kier molecular flexibility index (Phi) is 4.16. The molecule has 0 unspecified atom stereocenters. The predicted octanol–water partition coefficient (Wildman–Crippen LogP) is -0.656. The van der Waals surface area contributed by atoms with Gasteiger partial charge in [-0.25, -0.2) is 13.2 Å². The van der Waals surface area contributed by atoms with Gasteiger partial charge in [0.2, 0.25) is 15.6 Å². The molecule has 0 spiro atoms. The average molecular weight is 419 g/mol. The van der Waals surface area contributed by atoms with Gasteiger partial charge in [-0.3, -0.25) is 19.1 Å². The number of carbonyl (C=O) groups excluding carboxylic acids is 1. The molecule has 1 aliphatic rings. The standard InChI is InChI=1S/C14H12F3N5O5S/c1-22-9-8(10(23)20-12(22)25)13(11(24)19-9,14(15,16)17)21-28(26,27)7-4-2-6(18)3-5-7/h2-5,21H,18H2,1H3,(H,19,24)(H,20,23,25)/t13-/m0/s1. The van der Waals surface area contributed by atoms with Crippen molar-refractivity contribution in [3.05, 3.63) is 50.7 Å². The van der Waals surface area contributed by atoms with Gasteiger partial charge >= 0.3 is 11.9 Å². The SMILES string of the molecule is Cn1c2c(c(=O)[nH]c1=O)[C@@](NS(=O)(=O)c1ccc(N)cc1)(C(F)(F)F)C(=O)N2. The van der Waals surface area contributed by atoms with Crippen molar-refractivity contribution in [2.24, 2.45) is 7.05 Å². The minimum Gasteiger partial charge on any atom is -0.399 e. The van der Waals surface area contributed by atoms with E-state index >= 15 is 0 Å². The lowest BCUT2D eigenvalue weighted by Gasteiger charge is -2.29. The van der Waals surface area contributed by atoms with Crippen molar-refractivity contribution in [1.82, 2.24) is 14.3 Å². The Balaban J connectivity index is 2.30. The normalized spacial score (nSPS) is 19.4. The molecule has 0 bridgehead atoms. The molecule has 28 heavy (non-hydrogen) atoms. The molecule has 5 N–H and O–H groups in total. The molecule has 1 aromatic carbocycles. The van der Waals surface area contributed by atoms with Crippen molar-refractivity contribution in [1.29, 1.82) is 0 Å². The second kappa shape index (κ2) is 5.93. The monoisotopic (exact) mass is 419 g/mol. The number of aromatic amines is 1. The maximum Gasteiger partial charge on any atom is 0.421 e. The van der Waals surface area contributed by atoms with Gasteiger partial charge in [0, 0.05) is 12.7 Å². The topological polar surface area (TPSA) is 156 Å². The van der Waals surface area contributed by atoms with Crippen LogP contribution in [0.5, 0.6) is 0 Å². The lowest BCUT2D eigenvalue weighted by Crippen LogP contribution is -2.61. The number of H-pyrrole nitrogens is 1. The van der Waals surface area contributed by atoms with Crippen molar-refractivity contribution in [3.8, 4) is 0 Å². The number of aromatic nitrogens is 2. The molecule has 3 rings (SSSR count). The summed E-state index contributed by atoms with van der Waals surface area (Å²) in [6.07, 6.45) is -5.56. The third-order valence-electron chi connectivity index (χ3n) is 4.17. The summed E-state index contributed by atoms with van der Waals surface area (Å²) in [5.41, 5.74) is -2.30. The maximum atomic E-state index is 14.0. The summed E-state index contributed by atoms with van der Waals surface area (Å²) in [5.74, 6) is -2.64. The number of rotatable bonds is 3. The number of sulfonamides is 1. The largest absolute Gasteiger partial charge is 0.421 e. The molecule has 0 radical (unpaired) electrons. The first-order valence-corrected chi connectivity index (χ1v) is 8.91. The second-order valence-electron chi connectivity index (χ2n) is 5.92. The molecule has 0 saturated heterocycles. The predicted molar refractivity (Wildman–Crippen MR) is 89.8 cm³/mol. The number of hydrogen-bond donors (Lipinski definition) is 4. The summed E-state index contributed by atoms with van der Waals surface area (Å²) >= 11 is 0. The van der Waals surface area contributed by atoms with Gasteiger partial charge in [-0.1, -0.05) is 0 Å². The number of nitrogens with two attached hydrogens (primary N) is 1. The summed E-state index contributed by atoms with van der Waals surface area (Å²) < 4.78 is 69.0. The highest BCUT2D eigenvalue weighted by Crippen LogP contribution is 2.45. The molecule has 10 nitrogen and oxygen atoms in total. The van der Waals surface area contributed by atoms with Crippen molar-refractivity contribution in [2.45, 2.75) is 16.6 Å². The number of carbonyl (C=O) groups is 1. The van der Waals surface area contributed by atoms with Gasteiger partial charge in [-0.15, -0.1) is 0 Å². The van der Waals surface area contributed by atoms with Gasteiger partial charge in [-0.05, 0) is 24.3 Å². The van der Waals surface area contributed by atoms with Crippen LogP contribution in [0.15, 0.2) is 38.8 Å². The fourth-order valence-electron chi connectivity index (χ4n) is 2.76. The maximum absolute atomic E-state index is 14.0. The van der Waals surface area contributed by atoms with Crippen molar-refractivity contribution in [2.75, 3.05) is 11.1 Å². The third kappa shape index (κ3) is 2.68. The first-order chi connectivity index (χ1) is 12.8. The zero-order valence-corrected chi connectivity index (χ0v) is 14.7. The highest BCUT2D eigenvalue weighted by Gasteiger charge is 2.69. The van der Waals surface area contributed by atoms with Crippen LogP contribution in [0.4, 0.5) is 24.7 Å². The molecule has 1 amide bonds. The zero-order chi connectivity index (χ0) is 21.1. The smallest absolute Gasteiger partial charge is 0.399 e. The molecule has 1 atom stereocenters. The van der Waals surface area contributed by atoms with Crippen LogP contribution in [0.2, 0.25) is 0 Å². The Labute approximate surface area is 154 Å². The highest BCUT2D eigenvalue weighted by molar-refractivity contribution is 7.89. The number of benzene rings is 1. The Morgan fingerprint density at radius 2 is 1.71 bits per heavy atom. The minimum absolute atomic E-state index is 0.153. The highest BCUT2D eigenvalue weighted by atomic mass is 32.2. The van der Waals surface area contributed by atoms with Gasteiger partial charge in [0.05, 0.1) is 10.5 Å². The van der Waals surface area contributed by atoms with Crippen LogP contribution in [-0.4, -0.2) is 30.1 Å². The molecular formula is C14H12F3N5O5S. The number of nitrogens with one attached hydrogen (secondary N) is 3. The van der Waals surface area contributed by atoms with E-state index in [4.69, 9.17) is 5.73 Å². The molecule has 1 aliphatic heterocycles. The van der Waals surface area contributed by atoms with Crippen LogP contribution in [0.3, 0.4) is 0 Å². The quantitative estimate of drug-likeness (QED) is 0.484. The van der Waals surface area contributed by atoms with Gasteiger partial charge in [-0.2, -0.15) is 17.9 Å². The van der Waals surface area contributed by atoms with Crippen molar-refractivity contribution in [3.63, 3.8) is 0 Å². The number of amides is 1. The molecule has 0 aliphatic carbocycles. The summed E-state index contributed by atoms with van der Waals surface area (Å²) in [6, 6.07) is 4.13. The Bertz CT molecular complexity index is 1200. The van der Waals surface area contributed by atoms with Gasteiger partial charge < -0.3 is 11.1 Å². The van der Waals surface area contributed by atoms with Crippen LogP contribution in [-0.2, 0) is 27.4 Å². The minimum atomic E-state index is -5.56. The van der Waals surface area contributed by atoms with E-state index in [-0.39, 0.29) is 5.69 Å². The van der Waals surface area contributed by atoms with E-state index in [0.29, 0.717) is 4.57 Å². The van der Waals surface area contributed by atoms with E-state index < -0.39 is 55.2 Å². The lowest BCUT2D eigenvalue weighted by molar-refractivity contribution is -0.194. The molecule has 2 aromatic rings. The summed E-state index contributed by atoms with van der Waals surface area (Å²) in [7, 11) is -3.95. The summed E-state index contributed by atoms with van der Waals surface area (Å²) in [5, 5.41) is 1.77. The fourth-order valence-corrected chi connectivity index (χ4v) is 4.09. The van der Waals surface area contributed by atoms with Crippen LogP contribution < -0.4 is 27.0 Å². The van der Waals surface area contributed by atoms with E-state index in [1.807, 2.05) is 0 Å². The average Bonchev–Trinajstić information content (AvgIpc) is 2.87. The van der Waals surface area contributed by atoms with Gasteiger partial charge in [0.1, 0.15) is 5.82 Å². The molecule has 1 aromatic heterocycles. The third-order valence-corrected chi connectivity index (χ3v) is 5.64. The number of alkyl halides is 3. The summed E-state index contributed by atoms with van der Waals surface area (Å²) in [6.45, 7) is 0. The van der Waals surface area contributed by atoms with Crippen LogP contribution in [0.25, 0.3) is 0 Å². The van der Waals surface area contributed by atoms with E-state index in [1.165, 1.54) is 4.72 Å². The first kappa shape index (κ1) is 19.6. The number of nitrogen functional groups attached to an aromatic ring is 1. The second-order valence-corrected chi connectivity index (χ2v) is 7.60. The van der Waals surface area contributed by atoms with Crippen molar-refractivity contribution >= 4 is 27.4 Å². The number of anilines is 2. The lowest BCUT2D eigenvalue weighted by atomic mass is 9.94. The number of fused-ring (bicyclic) bond motifs is 1. The van der Waals surface area contributed by atoms with Gasteiger partial charge in [0.25, 0.3) is 11.5 Å². The Morgan fingerprint density at radius 1 is 1.14 bits per heavy atom. The molecule has 14 heteroatoms. The van der Waals surface area contributed by atoms with E-state index in [1.54, 1.807) is 10.3 Å². The number of halogens is 3. The van der Waals surface area contributed by atoms with Crippen LogP contribution in [0, 0.1) is 0 Å². The Morgan fingerprint density at radius 3 is 2.25 bits per heavy atom. The molecule has 150 valence electrons. The molecular weight excluding hydrogens is 407 g/mol.